The van der Waals surface area contributed by atoms with E-state index in [0.717, 1.165) is 0 Å². The molecule has 2 aromatic rings. The molecule has 1 aliphatic rings. The summed E-state index contributed by atoms with van der Waals surface area (Å²) in [7, 11) is 0. The number of amides is 1. The smallest absolute Gasteiger partial charge is 0.338 e. The molecule has 1 fully saturated rings. The molecule has 1 aromatic heterocycles. The van der Waals surface area contributed by atoms with Crippen molar-refractivity contribution in [2.45, 2.75) is 6.92 Å². The second-order valence-corrected chi connectivity index (χ2v) is 6.75. The minimum Gasteiger partial charge on any atom is -0.462 e. The maximum absolute atomic E-state index is 11.8. The van der Waals surface area contributed by atoms with Crippen LogP contribution in [0.1, 0.15) is 22.8 Å². The van der Waals surface area contributed by atoms with Gasteiger partial charge in [-0.15, -0.1) is 5.10 Å². The van der Waals surface area contributed by atoms with E-state index in [1.807, 2.05) is 0 Å². The monoisotopic (exact) mass is 418 g/mol. The van der Waals surface area contributed by atoms with Gasteiger partial charge < -0.3 is 14.8 Å². The predicted octanol–water partition coefficient (Wildman–Crippen LogP) is 3.26. The molecule has 0 bridgehead atoms. The lowest BCUT2D eigenvalue weighted by atomic mass is 10.2. The average Bonchev–Trinajstić information content (AvgIpc) is 3.09. The lowest BCUT2D eigenvalue weighted by Gasteiger charge is -2.08. The van der Waals surface area contributed by atoms with Crippen molar-refractivity contribution in [2.24, 2.45) is 10.2 Å². The number of nitrogens with zero attached hydrogens (tertiary/aromatic N) is 3. The maximum Gasteiger partial charge on any atom is 0.338 e. The first-order chi connectivity index (χ1) is 13.5. The van der Waals surface area contributed by atoms with E-state index in [1.165, 1.54) is 30.2 Å². The summed E-state index contributed by atoms with van der Waals surface area (Å²) in [6.45, 7) is 2.01. The Labute approximate surface area is 170 Å². The molecule has 1 amide bonds. The third-order valence-corrected chi connectivity index (χ3v) is 4.52. The van der Waals surface area contributed by atoms with Crippen molar-refractivity contribution < 1.29 is 19.1 Å². The predicted molar refractivity (Wildman–Crippen MR) is 107 cm³/mol. The molecule has 1 aromatic carbocycles. The molecule has 0 saturated carbocycles. The summed E-state index contributed by atoms with van der Waals surface area (Å²) in [6, 6.07) is 8.06. The number of benzene rings is 1. The van der Waals surface area contributed by atoms with Gasteiger partial charge in [0, 0.05) is 12.3 Å². The summed E-state index contributed by atoms with van der Waals surface area (Å²) in [6.07, 6.45) is 2.96. The highest BCUT2D eigenvalue weighted by atomic mass is 35.5. The third-order valence-electron chi connectivity index (χ3n) is 3.36. The number of carbonyl (C=O) groups is 2. The summed E-state index contributed by atoms with van der Waals surface area (Å²) >= 11 is 7.54. The molecule has 1 N–H and O–H groups in total. The molecule has 144 valence electrons. The van der Waals surface area contributed by atoms with Crippen LogP contribution < -0.4 is 10.1 Å². The van der Waals surface area contributed by atoms with Gasteiger partial charge in [-0.2, -0.15) is 5.10 Å². The van der Waals surface area contributed by atoms with Crippen molar-refractivity contribution in [3.05, 3.63) is 52.7 Å². The minimum atomic E-state index is -0.453. The second kappa shape index (κ2) is 9.34. The maximum atomic E-state index is 11.8. The number of esters is 1. The molecule has 1 saturated heterocycles. The average molecular weight is 419 g/mol. The van der Waals surface area contributed by atoms with Crippen LogP contribution in [0.2, 0.25) is 5.02 Å². The first-order valence-corrected chi connectivity index (χ1v) is 9.55. The largest absolute Gasteiger partial charge is 0.462 e. The van der Waals surface area contributed by atoms with Gasteiger partial charge in [-0.05, 0) is 36.8 Å². The van der Waals surface area contributed by atoms with Crippen LogP contribution in [0.25, 0.3) is 0 Å². The molecule has 8 nitrogen and oxygen atoms in total. The van der Waals surface area contributed by atoms with E-state index in [0.29, 0.717) is 32.8 Å². The molecular formula is C18H15ClN4O4S. The molecule has 0 spiro atoms. The first-order valence-electron chi connectivity index (χ1n) is 8.19. The Kier molecular flexibility index (Phi) is 6.62. The van der Waals surface area contributed by atoms with Gasteiger partial charge in [0.05, 0.1) is 29.2 Å². The normalized spacial score (nSPS) is 15.1. The molecule has 28 heavy (non-hydrogen) atoms. The van der Waals surface area contributed by atoms with Crippen molar-refractivity contribution in [3.63, 3.8) is 0 Å². The van der Waals surface area contributed by atoms with Crippen molar-refractivity contribution >= 4 is 46.6 Å². The Bertz CT molecular complexity index is 964. The highest BCUT2D eigenvalue weighted by Crippen LogP contribution is 2.29. The number of nitrogens with one attached hydrogen (secondary N) is 1. The number of carbonyl (C=O) groups excluding carboxylic acids is 2. The Morgan fingerprint density at radius 3 is 2.96 bits per heavy atom. The van der Waals surface area contributed by atoms with Gasteiger partial charge in [0.25, 0.3) is 0 Å². The minimum absolute atomic E-state index is 0.0934. The Balaban J connectivity index is 1.68. The Morgan fingerprint density at radius 2 is 2.25 bits per heavy atom. The lowest BCUT2D eigenvalue weighted by molar-refractivity contribution is -0.116. The van der Waals surface area contributed by atoms with Crippen LogP contribution >= 0.6 is 23.4 Å². The van der Waals surface area contributed by atoms with E-state index >= 15 is 0 Å². The number of thioether (sulfide) groups is 1. The van der Waals surface area contributed by atoms with E-state index in [1.54, 1.807) is 31.2 Å². The van der Waals surface area contributed by atoms with Crippen LogP contribution in [0.3, 0.4) is 0 Å². The van der Waals surface area contributed by atoms with Crippen molar-refractivity contribution in [2.75, 3.05) is 12.4 Å². The van der Waals surface area contributed by atoms with E-state index in [-0.39, 0.29) is 18.4 Å². The molecule has 1 aliphatic heterocycles. The van der Waals surface area contributed by atoms with E-state index in [4.69, 9.17) is 21.1 Å². The van der Waals surface area contributed by atoms with Crippen LogP contribution in [0.15, 0.2) is 46.7 Å². The number of amidine groups is 1. The van der Waals surface area contributed by atoms with Crippen LogP contribution in [-0.2, 0) is 9.53 Å². The van der Waals surface area contributed by atoms with Gasteiger partial charge in [-0.25, -0.2) is 9.78 Å². The number of hydrogen-bond donors (Lipinski definition) is 1. The van der Waals surface area contributed by atoms with Gasteiger partial charge >= 0.3 is 5.97 Å². The quantitative estimate of drug-likeness (QED) is 0.439. The third kappa shape index (κ3) is 5.30. The topological polar surface area (TPSA) is 102 Å². The SMILES string of the molecule is CCOC(=O)c1ccnc(Oc2ccc(C=NN=C3NC(=O)CS3)cc2Cl)c1. The molecule has 0 radical (unpaired) electrons. The fourth-order valence-electron chi connectivity index (χ4n) is 2.13. The van der Waals surface area contributed by atoms with Gasteiger partial charge in [0.15, 0.2) is 5.17 Å². The molecule has 10 heteroatoms. The van der Waals surface area contributed by atoms with Gasteiger partial charge in [-0.3, -0.25) is 4.79 Å². The summed E-state index contributed by atoms with van der Waals surface area (Å²) in [5, 5.41) is 11.2. The molecule has 3 rings (SSSR count). The number of ether oxygens (including phenoxy) is 2. The first kappa shape index (κ1) is 19.8. The zero-order chi connectivity index (χ0) is 19.9. The fraction of sp³-hybridized carbons (Fsp3) is 0.167. The number of hydrogen-bond acceptors (Lipinski definition) is 8. The van der Waals surface area contributed by atoms with Crippen LogP contribution in [0.5, 0.6) is 11.6 Å². The molecule has 2 heterocycles. The van der Waals surface area contributed by atoms with Gasteiger partial charge in [-0.1, -0.05) is 23.4 Å². The summed E-state index contributed by atoms with van der Waals surface area (Å²) in [4.78, 5) is 26.9. The van der Waals surface area contributed by atoms with Crippen LogP contribution in [0.4, 0.5) is 0 Å². The summed E-state index contributed by atoms with van der Waals surface area (Å²) in [5.74, 6) is 0.388. The van der Waals surface area contributed by atoms with E-state index in [9.17, 15) is 9.59 Å². The van der Waals surface area contributed by atoms with Crippen molar-refractivity contribution in [1.82, 2.24) is 10.3 Å². The zero-order valence-electron chi connectivity index (χ0n) is 14.7. The summed E-state index contributed by atoms with van der Waals surface area (Å²) < 4.78 is 10.6. The number of halogens is 1. The highest BCUT2D eigenvalue weighted by molar-refractivity contribution is 8.15. The lowest BCUT2D eigenvalue weighted by Crippen LogP contribution is -2.19. The number of rotatable bonds is 6. The Morgan fingerprint density at radius 1 is 1.39 bits per heavy atom. The standard InChI is InChI=1S/C18H15ClN4O4S/c1-2-26-17(25)12-5-6-20-16(8-12)27-14-4-3-11(7-13(14)19)9-21-23-18-22-15(24)10-28-18/h3-9H,2,10H2,1H3,(H,22,23,24). The van der Waals surface area contributed by atoms with Gasteiger partial charge in [0.1, 0.15) is 5.75 Å². The number of aromatic nitrogens is 1. The number of pyridine rings is 1. The van der Waals surface area contributed by atoms with Gasteiger partial charge in [0.2, 0.25) is 11.8 Å². The molecule has 0 aliphatic carbocycles. The molecule has 0 unspecified atom stereocenters. The summed E-state index contributed by atoms with van der Waals surface area (Å²) in [5.41, 5.74) is 1.03. The highest BCUT2D eigenvalue weighted by Gasteiger charge is 2.16. The van der Waals surface area contributed by atoms with E-state index < -0.39 is 5.97 Å². The van der Waals surface area contributed by atoms with Crippen LogP contribution in [-0.4, -0.2) is 40.6 Å². The van der Waals surface area contributed by atoms with Crippen molar-refractivity contribution in [3.8, 4) is 11.6 Å². The van der Waals surface area contributed by atoms with E-state index in [2.05, 4.69) is 20.5 Å². The molecule has 0 atom stereocenters. The van der Waals surface area contributed by atoms with Crippen LogP contribution in [0, 0.1) is 0 Å². The Hall–Kier alpha value is -2.91. The fourth-order valence-corrected chi connectivity index (χ4v) is 2.99. The second-order valence-electron chi connectivity index (χ2n) is 5.38. The molecular weight excluding hydrogens is 404 g/mol. The zero-order valence-corrected chi connectivity index (χ0v) is 16.3. The van der Waals surface area contributed by atoms with Crippen molar-refractivity contribution in [1.29, 1.82) is 0 Å².